The minimum atomic E-state index is -1.02. The van der Waals surface area contributed by atoms with E-state index in [1.807, 2.05) is 0 Å². The van der Waals surface area contributed by atoms with E-state index in [9.17, 15) is 18.7 Å². The number of aliphatic hydroxyl groups is 1. The molecule has 1 N–H and O–H groups in total. The Labute approximate surface area is 122 Å². The molecule has 1 saturated heterocycles. The van der Waals surface area contributed by atoms with Crippen molar-refractivity contribution >= 4 is 6.09 Å². The number of halogens is 2. The molecule has 2 rings (SSSR count). The maximum absolute atomic E-state index is 13.2. The van der Waals surface area contributed by atoms with E-state index in [-0.39, 0.29) is 18.9 Å². The predicted octanol–water partition coefficient (Wildman–Crippen LogP) is 3.01. The maximum Gasteiger partial charge on any atom is 0.412 e. The summed E-state index contributed by atoms with van der Waals surface area (Å²) in [6.45, 7) is 5.35. The normalized spacial score (nSPS) is 22.5. The first-order valence-corrected chi connectivity index (χ1v) is 6.79. The van der Waals surface area contributed by atoms with Crippen molar-refractivity contribution in [3.8, 4) is 0 Å². The van der Waals surface area contributed by atoms with Crippen LogP contribution in [0.1, 0.15) is 38.7 Å². The minimum Gasteiger partial charge on any atom is -0.444 e. The molecular formula is C15H19F2NO3. The van der Waals surface area contributed by atoms with Crippen molar-refractivity contribution in [3.05, 3.63) is 35.4 Å². The van der Waals surface area contributed by atoms with Gasteiger partial charge in [-0.3, -0.25) is 4.90 Å². The zero-order valence-corrected chi connectivity index (χ0v) is 12.3. The second kappa shape index (κ2) is 5.60. The minimum absolute atomic E-state index is 0.166. The molecule has 1 heterocycles. The fourth-order valence-corrected chi connectivity index (χ4v) is 2.38. The van der Waals surface area contributed by atoms with Crippen molar-refractivity contribution in [1.82, 2.24) is 4.90 Å². The van der Waals surface area contributed by atoms with Crippen molar-refractivity contribution < 1.29 is 23.4 Å². The summed E-state index contributed by atoms with van der Waals surface area (Å²) in [4.78, 5) is 13.2. The van der Waals surface area contributed by atoms with Crippen molar-refractivity contribution in [2.24, 2.45) is 0 Å². The number of ether oxygens (including phenoxy) is 1. The molecule has 0 bridgehead atoms. The first-order valence-electron chi connectivity index (χ1n) is 6.79. The van der Waals surface area contributed by atoms with Gasteiger partial charge in [0.15, 0.2) is 0 Å². The van der Waals surface area contributed by atoms with Crippen LogP contribution in [0.3, 0.4) is 0 Å². The molecule has 2 atom stereocenters. The Morgan fingerprint density at radius 3 is 2.38 bits per heavy atom. The highest BCUT2D eigenvalue weighted by Crippen LogP contribution is 2.32. The van der Waals surface area contributed by atoms with Gasteiger partial charge >= 0.3 is 6.09 Å². The molecule has 0 spiro atoms. The van der Waals surface area contributed by atoms with Crippen LogP contribution in [-0.4, -0.2) is 34.5 Å². The Kier molecular flexibility index (Phi) is 4.18. The van der Waals surface area contributed by atoms with E-state index in [0.29, 0.717) is 5.56 Å². The lowest BCUT2D eigenvalue weighted by atomic mass is 9.98. The Morgan fingerprint density at radius 1 is 1.29 bits per heavy atom. The third kappa shape index (κ3) is 3.91. The molecule has 0 aliphatic carbocycles. The Balaban J connectivity index is 2.12. The van der Waals surface area contributed by atoms with E-state index in [1.54, 1.807) is 20.8 Å². The van der Waals surface area contributed by atoms with Crippen molar-refractivity contribution in [2.75, 3.05) is 6.54 Å². The Morgan fingerprint density at radius 2 is 1.86 bits per heavy atom. The molecule has 4 nitrogen and oxygen atoms in total. The van der Waals surface area contributed by atoms with E-state index in [1.165, 1.54) is 17.0 Å². The number of nitrogens with zero attached hydrogens (tertiary/aromatic N) is 1. The molecule has 0 saturated carbocycles. The number of rotatable bonds is 1. The number of benzene rings is 1. The van der Waals surface area contributed by atoms with Crippen LogP contribution in [0, 0.1) is 11.6 Å². The average molecular weight is 299 g/mol. The summed E-state index contributed by atoms with van der Waals surface area (Å²) in [6, 6.07) is 3.23. The van der Waals surface area contributed by atoms with Gasteiger partial charge in [-0.25, -0.2) is 13.6 Å². The number of amides is 1. The van der Waals surface area contributed by atoms with E-state index >= 15 is 0 Å². The lowest BCUT2D eigenvalue weighted by Crippen LogP contribution is -2.39. The van der Waals surface area contributed by atoms with Crippen molar-refractivity contribution in [1.29, 1.82) is 0 Å². The molecule has 21 heavy (non-hydrogen) atoms. The van der Waals surface area contributed by atoms with E-state index < -0.39 is 29.6 Å². The molecule has 1 aliphatic heterocycles. The van der Waals surface area contributed by atoms with Crippen LogP contribution in [0.25, 0.3) is 0 Å². The third-order valence-corrected chi connectivity index (χ3v) is 3.26. The number of likely N-dealkylation sites (tertiary alicyclic amines) is 1. The van der Waals surface area contributed by atoms with Gasteiger partial charge in [0.2, 0.25) is 0 Å². The van der Waals surface area contributed by atoms with Crippen LogP contribution in [0.5, 0.6) is 0 Å². The maximum atomic E-state index is 13.2. The van der Waals surface area contributed by atoms with E-state index in [4.69, 9.17) is 4.74 Å². The fraction of sp³-hybridized carbons (Fsp3) is 0.533. The summed E-state index contributed by atoms with van der Waals surface area (Å²) in [5.74, 6) is -1.66. The molecule has 116 valence electrons. The first kappa shape index (κ1) is 15.7. The molecular weight excluding hydrogens is 280 g/mol. The SMILES string of the molecule is CC(C)(C)OC(=O)N1C[C@@H](c2cc(F)cc(F)c2)CC1O. The number of aliphatic hydroxyl groups excluding tert-OH is 1. The number of carbonyl (C=O) groups is 1. The highest BCUT2D eigenvalue weighted by atomic mass is 19.1. The van der Waals surface area contributed by atoms with Gasteiger partial charge in [-0.05, 0) is 38.5 Å². The smallest absolute Gasteiger partial charge is 0.412 e. The summed E-state index contributed by atoms with van der Waals surface area (Å²) in [6.07, 6.45) is -1.42. The second-order valence-electron chi connectivity index (χ2n) is 6.25. The average Bonchev–Trinajstić information content (AvgIpc) is 2.68. The number of hydrogen-bond donors (Lipinski definition) is 1. The molecule has 1 unspecified atom stereocenters. The van der Waals surface area contributed by atoms with Crippen LogP contribution in [-0.2, 0) is 4.74 Å². The molecule has 1 fully saturated rings. The van der Waals surface area contributed by atoms with Crippen LogP contribution in [0.2, 0.25) is 0 Å². The zero-order chi connectivity index (χ0) is 15.8. The quantitative estimate of drug-likeness (QED) is 0.867. The molecule has 1 aromatic carbocycles. The van der Waals surface area contributed by atoms with Gasteiger partial charge in [0.05, 0.1) is 0 Å². The highest BCUT2D eigenvalue weighted by molar-refractivity contribution is 5.69. The largest absolute Gasteiger partial charge is 0.444 e. The van der Waals surface area contributed by atoms with Crippen molar-refractivity contribution in [2.45, 2.75) is 44.9 Å². The first-order chi connectivity index (χ1) is 9.65. The lowest BCUT2D eigenvalue weighted by Gasteiger charge is -2.26. The van der Waals surface area contributed by atoms with Crippen molar-refractivity contribution in [3.63, 3.8) is 0 Å². The molecule has 1 aliphatic rings. The van der Waals surface area contributed by atoms with Crippen LogP contribution in [0.15, 0.2) is 18.2 Å². The zero-order valence-electron chi connectivity index (χ0n) is 12.3. The molecule has 1 amide bonds. The Bertz CT molecular complexity index is 522. The number of hydrogen-bond acceptors (Lipinski definition) is 3. The molecule has 1 aromatic rings. The van der Waals surface area contributed by atoms with Gasteiger partial charge in [0.25, 0.3) is 0 Å². The van der Waals surface area contributed by atoms with Gasteiger partial charge in [0.1, 0.15) is 23.5 Å². The van der Waals surface area contributed by atoms with E-state index in [0.717, 1.165) is 6.07 Å². The molecule has 0 aromatic heterocycles. The summed E-state index contributed by atoms with van der Waals surface area (Å²) in [7, 11) is 0. The summed E-state index contributed by atoms with van der Waals surface area (Å²) in [5, 5.41) is 9.96. The highest BCUT2D eigenvalue weighted by Gasteiger charge is 2.37. The predicted molar refractivity (Wildman–Crippen MR) is 72.7 cm³/mol. The fourth-order valence-electron chi connectivity index (χ4n) is 2.38. The molecule has 0 radical (unpaired) electrons. The van der Waals surface area contributed by atoms with Gasteiger partial charge in [-0.15, -0.1) is 0 Å². The third-order valence-electron chi connectivity index (χ3n) is 3.26. The lowest BCUT2D eigenvalue weighted by molar-refractivity contribution is -0.0128. The second-order valence-corrected chi connectivity index (χ2v) is 6.25. The van der Waals surface area contributed by atoms with Gasteiger partial charge < -0.3 is 9.84 Å². The molecule has 6 heteroatoms. The summed E-state index contributed by atoms with van der Waals surface area (Å²) < 4.78 is 31.7. The number of carbonyl (C=O) groups excluding carboxylic acids is 1. The summed E-state index contributed by atoms with van der Waals surface area (Å²) in [5.41, 5.74) is -0.238. The summed E-state index contributed by atoms with van der Waals surface area (Å²) >= 11 is 0. The van der Waals surface area contributed by atoms with Gasteiger partial charge in [-0.1, -0.05) is 0 Å². The van der Waals surface area contributed by atoms with Gasteiger partial charge in [-0.2, -0.15) is 0 Å². The van der Waals surface area contributed by atoms with Crippen LogP contribution < -0.4 is 0 Å². The van der Waals surface area contributed by atoms with E-state index in [2.05, 4.69) is 0 Å². The Hall–Kier alpha value is -1.69. The standard InChI is InChI=1S/C15H19F2NO3/c1-15(2,3)21-14(20)18-8-10(6-13(18)19)9-4-11(16)7-12(17)5-9/h4-5,7,10,13,19H,6,8H2,1-3H3/t10-,13?/m0/s1. The van der Waals surface area contributed by atoms with Crippen LogP contribution in [0.4, 0.5) is 13.6 Å². The monoisotopic (exact) mass is 299 g/mol. The topological polar surface area (TPSA) is 49.8 Å². The van der Waals surface area contributed by atoms with Crippen LogP contribution >= 0.6 is 0 Å². The van der Waals surface area contributed by atoms with Gasteiger partial charge in [0, 0.05) is 24.9 Å².